The summed E-state index contributed by atoms with van der Waals surface area (Å²) in [6.07, 6.45) is 23.5. The van der Waals surface area contributed by atoms with Crippen molar-refractivity contribution in [1.29, 1.82) is 0 Å². The Kier molecular flexibility index (Phi) is 21.3. The molecule has 35 heavy (non-hydrogen) atoms. The SMILES string of the molecule is C=CCCCCCCCCCCCCCCCCCCCCOC(CC(=O)O)(CC(=O)O)C(=O)O. The molecule has 0 radical (unpaired) electrons. The lowest BCUT2D eigenvalue weighted by molar-refractivity contribution is -0.178. The molecule has 0 saturated carbocycles. The van der Waals surface area contributed by atoms with Gasteiger partial charge in [0, 0.05) is 6.61 Å². The Bertz CT molecular complexity index is 558. The lowest BCUT2D eigenvalue weighted by Gasteiger charge is -2.26. The number of rotatable bonds is 27. The third-order valence-corrected chi connectivity index (χ3v) is 6.44. The molecule has 0 spiro atoms. The van der Waals surface area contributed by atoms with Gasteiger partial charge in [-0.1, -0.05) is 109 Å². The molecule has 0 amide bonds. The summed E-state index contributed by atoms with van der Waals surface area (Å²) in [5, 5.41) is 27.2. The summed E-state index contributed by atoms with van der Waals surface area (Å²) in [6.45, 7) is 3.80. The molecular formula is C28H50O7. The third kappa shape index (κ3) is 20.0. The van der Waals surface area contributed by atoms with Gasteiger partial charge in [-0.15, -0.1) is 6.58 Å². The van der Waals surface area contributed by atoms with Crippen LogP contribution in [0.3, 0.4) is 0 Å². The van der Waals surface area contributed by atoms with E-state index in [0.29, 0.717) is 6.42 Å². The summed E-state index contributed by atoms with van der Waals surface area (Å²) >= 11 is 0. The van der Waals surface area contributed by atoms with Crippen molar-refractivity contribution >= 4 is 17.9 Å². The van der Waals surface area contributed by atoms with Crippen LogP contribution in [0, 0.1) is 0 Å². The largest absolute Gasteiger partial charge is 0.481 e. The van der Waals surface area contributed by atoms with Crippen molar-refractivity contribution in [2.45, 2.75) is 140 Å². The van der Waals surface area contributed by atoms with Gasteiger partial charge in [0.1, 0.15) is 0 Å². The molecular weight excluding hydrogens is 448 g/mol. The summed E-state index contributed by atoms with van der Waals surface area (Å²) in [5.74, 6) is -4.34. The average molecular weight is 499 g/mol. The van der Waals surface area contributed by atoms with Crippen molar-refractivity contribution in [3.8, 4) is 0 Å². The summed E-state index contributed by atoms with van der Waals surface area (Å²) < 4.78 is 5.29. The molecule has 0 fully saturated rings. The summed E-state index contributed by atoms with van der Waals surface area (Å²) in [5.41, 5.74) is -2.21. The van der Waals surface area contributed by atoms with Crippen LogP contribution in [0.15, 0.2) is 12.7 Å². The molecule has 204 valence electrons. The van der Waals surface area contributed by atoms with E-state index in [0.717, 1.165) is 25.7 Å². The molecule has 0 aliphatic rings. The number of allylic oxidation sites excluding steroid dienone is 1. The molecule has 0 atom stereocenters. The Labute approximate surface area is 212 Å². The number of carboxylic acids is 3. The Morgan fingerprint density at radius 1 is 0.571 bits per heavy atom. The second-order valence-corrected chi connectivity index (χ2v) is 9.73. The Hall–Kier alpha value is -1.89. The van der Waals surface area contributed by atoms with E-state index in [-0.39, 0.29) is 6.61 Å². The van der Waals surface area contributed by atoms with Crippen LogP contribution in [0.4, 0.5) is 0 Å². The highest BCUT2D eigenvalue weighted by molar-refractivity contribution is 5.88. The van der Waals surface area contributed by atoms with E-state index in [4.69, 9.17) is 14.9 Å². The maximum atomic E-state index is 11.5. The molecule has 7 nitrogen and oxygen atoms in total. The first kappa shape index (κ1) is 33.1. The highest BCUT2D eigenvalue weighted by Crippen LogP contribution is 2.23. The number of carboxylic acid groups (broad SMARTS) is 3. The number of unbranched alkanes of at least 4 members (excludes halogenated alkanes) is 18. The van der Waals surface area contributed by atoms with Crippen molar-refractivity contribution in [3.05, 3.63) is 12.7 Å². The van der Waals surface area contributed by atoms with E-state index in [1.165, 1.54) is 89.9 Å². The number of hydrogen-bond acceptors (Lipinski definition) is 4. The van der Waals surface area contributed by atoms with Gasteiger partial charge in [0.15, 0.2) is 5.60 Å². The van der Waals surface area contributed by atoms with E-state index in [2.05, 4.69) is 6.58 Å². The fraction of sp³-hybridized carbons (Fsp3) is 0.821. The molecule has 0 saturated heterocycles. The molecule has 3 N–H and O–H groups in total. The first-order valence-electron chi connectivity index (χ1n) is 13.8. The molecule has 0 aliphatic heterocycles. The van der Waals surface area contributed by atoms with Gasteiger partial charge in [-0.3, -0.25) is 9.59 Å². The summed E-state index contributed by atoms with van der Waals surface area (Å²) in [6, 6.07) is 0. The van der Waals surface area contributed by atoms with E-state index in [9.17, 15) is 19.5 Å². The van der Waals surface area contributed by atoms with Crippen molar-refractivity contribution < 1.29 is 34.4 Å². The lowest BCUT2D eigenvalue weighted by Crippen LogP contribution is -2.45. The van der Waals surface area contributed by atoms with Crippen molar-refractivity contribution in [3.63, 3.8) is 0 Å². The lowest BCUT2D eigenvalue weighted by atomic mass is 9.95. The fourth-order valence-corrected chi connectivity index (χ4v) is 4.35. The number of aliphatic carboxylic acids is 3. The summed E-state index contributed by atoms with van der Waals surface area (Å²) in [4.78, 5) is 33.4. The molecule has 0 rings (SSSR count). The van der Waals surface area contributed by atoms with Gasteiger partial charge >= 0.3 is 17.9 Å². The Morgan fingerprint density at radius 2 is 0.886 bits per heavy atom. The number of ether oxygens (including phenoxy) is 1. The Balaban J connectivity index is 3.56. The van der Waals surface area contributed by atoms with E-state index >= 15 is 0 Å². The van der Waals surface area contributed by atoms with Crippen LogP contribution in [-0.2, 0) is 19.1 Å². The van der Waals surface area contributed by atoms with Crippen molar-refractivity contribution in [2.75, 3.05) is 6.61 Å². The van der Waals surface area contributed by atoms with Crippen molar-refractivity contribution in [2.24, 2.45) is 0 Å². The summed E-state index contributed by atoms with van der Waals surface area (Å²) in [7, 11) is 0. The maximum Gasteiger partial charge on any atom is 0.337 e. The Morgan fingerprint density at radius 3 is 1.17 bits per heavy atom. The van der Waals surface area contributed by atoms with E-state index in [1.807, 2.05) is 6.08 Å². The number of carbonyl (C=O) groups is 3. The zero-order valence-electron chi connectivity index (χ0n) is 21.8. The maximum absolute atomic E-state index is 11.5. The molecule has 0 aromatic heterocycles. The van der Waals surface area contributed by atoms with Crippen LogP contribution in [0.1, 0.15) is 135 Å². The van der Waals surface area contributed by atoms with Crippen LogP contribution in [0.2, 0.25) is 0 Å². The van der Waals surface area contributed by atoms with Gasteiger partial charge in [-0.05, 0) is 19.3 Å². The van der Waals surface area contributed by atoms with Crippen LogP contribution in [0.5, 0.6) is 0 Å². The first-order valence-corrected chi connectivity index (χ1v) is 13.8. The molecule has 0 unspecified atom stereocenters. The molecule has 0 bridgehead atoms. The smallest absolute Gasteiger partial charge is 0.337 e. The van der Waals surface area contributed by atoms with Gasteiger partial charge in [-0.25, -0.2) is 4.79 Å². The highest BCUT2D eigenvalue weighted by Gasteiger charge is 2.44. The van der Waals surface area contributed by atoms with Gasteiger partial charge < -0.3 is 20.1 Å². The minimum Gasteiger partial charge on any atom is -0.481 e. The fourth-order valence-electron chi connectivity index (χ4n) is 4.35. The molecule has 0 heterocycles. The van der Waals surface area contributed by atoms with E-state index < -0.39 is 36.4 Å². The molecule has 7 heteroatoms. The van der Waals surface area contributed by atoms with Gasteiger partial charge in [0.25, 0.3) is 0 Å². The second-order valence-electron chi connectivity index (χ2n) is 9.73. The zero-order valence-corrected chi connectivity index (χ0v) is 21.8. The zero-order chi connectivity index (χ0) is 26.2. The van der Waals surface area contributed by atoms with Crippen LogP contribution < -0.4 is 0 Å². The van der Waals surface area contributed by atoms with E-state index in [1.54, 1.807) is 0 Å². The molecule has 0 aromatic rings. The topological polar surface area (TPSA) is 121 Å². The quantitative estimate of drug-likeness (QED) is 0.0798. The predicted molar refractivity (Wildman–Crippen MR) is 139 cm³/mol. The third-order valence-electron chi connectivity index (χ3n) is 6.44. The highest BCUT2D eigenvalue weighted by atomic mass is 16.5. The van der Waals surface area contributed by atoms with Crippen LogP contribution in [0.25, 0.3) is 0 Å². The second kappa shape index (κ2) is 22.6. The van der Waals surface area contributed by atoms with Gasteiger partial charge in [0.05, 0.1) is 12.8 Å². The van der Waals surface area contributed by atoms with Gasteiger partial charge in [-0.2, -0.15) is 0 Å². The van der Waals surface area contributed by atoms with Crippen LogP contribution >= 0.6 is 0 Å². The minimum atomic E-state index is -2.21. The first-order chi connectivity index (χ1) is 16.8. The van der Waals surface area contributed by atoms with Crippen molar-refractivity contribution in [1.82, 2.24) is 0 Å². The monoisotopic (exact) mass is 498 g/mol. The minimum absolute atomic E-state index is 0.0442. The molecule has 0 aromatic carbocycles. The number of hydrogen-bond donors (Lipinski definition) is 3. The standard InChI is InChI=1S/C28H50O7/c1-2-3-4-5-6-7-8-9-10-11-12-13-14-15-16-17-18-19-20-21-22-35-28(27(33)34,23-25(29)30)24-26(31)32/h2H,1,3-24H2,(H,29,30)(H,31,32)(H,33,34). The van der Waals surface area contributed by atoms with Crippen LogP contribution in [-0.4, -0.2) is 45.4 Å². The molecule has 0 aliphatic carbocycles. The normalized spacial score (nSPS) is 11.4. The average Bonchev–Trinajstić information content (AvgIpc) is 2.79. The predicted octanol–water partition coefficient (Wildman–Crippen LogP) is 7.37. The van der Waals surface area contributed by atoms with Gasteiger partial charge in [0.2, 0.25) is 0 Å².